The maximum Gasteiger partial charge on any atom is 0.416 e. The summed E-state index contributed by atoms with van der Waals surface area (Å²) in [6, 6.07) is 0.0370. The van der Waals surface area contributed by atoms with Crippen LogP contribution in [-0.2, 0) is 60.7 Å². The minimum atomic E-state index is -6.13. The Kier molecular flexibility index (Phi) is 16.6. The summed E-state index contributed by atoms with van der Waals surface area (Å²) in [6.07, 6.45) is -50.4. The molecule has 0 aliphatic carbocycles. The summed E-state index contributed by atoms with van der Waals surface area (Å²) in [6.45, 7) is -0.424. The highest BCUT2D eigenvalue weighted by Crippen LogP contribution is 2.41. The number of ketones is 1. The number of carboxylic acid groups (broad SMARTS) is 1. The summed E-state index contributed by atoms with van der Waals surface area (Å²) < 4.78 is 347. The van der Waals surface area contributed by atoms with Crippen molar-refractivity contribution in [3.05, 3.63) is 172 Å². The molecule has 0 saturated carbocycles. The predicted molar refractivity (Wildman–Crippen MR) is 218 cm³/mol. The van der Waals surface area contributed by atoms with E-state index in [0.29, 0.717) is 5.56 Å². The number of aliphatic carboxylic acids is 1. The lowest BCUT2D eigenvalue weighted by Crippen LogP contribution is -2.75. The number of alkyl halides is 24. The van der Waals surface area contributed by atoms with Crippen LogP contribution >= 0.6 is 0 Å². The quantitative estimate of drug-likeness (QED) is 0.0640. The van der Waals surface area contributed by atoms with Crippen LogP contribution in [0.5, 0.6) is 5.88 Å². The first kappa shape index (κ1) is 60.4. The van der Waals surface area contributed by atoms with Crippen molar-refractivity contribution in [1.29, 1.82) is 0 Å². The lowest BCUT2D eigenvalue weighted by Gasteiger charge is -2.46. The standard InChI is InChI=1S/C32H12BF24.C14H12N2O4/c34-25(35,36)13-1-14(26(37,38)39)6-21(5-13)33(22-7-15(27(40,41)42)2-16(8-22)28(43,44)45,23-9-17(29(46,47)48)3-18(10-23)30(49,50)51)24-11-19(31(52,53)54)4-20(12-24)32(55,56)57;17-12(11-4-2-1-3-5-11)9-16-7-6-15-8-13(16)20-10-14(18)19/h1-12H;1-8H,9-10H2/q-1;/p+1. The van der Waals surface area contributed by atoms with Gasteiger partial charge in [-0.15, -0.1) is 0 Å². The Morgan fingerprint density at radius 2 is 0.714 bits per heavy atom. The number of carbonyl (C=O) groups excluding carboxylic acids is 1. The van der Waals surface area contributed by atoms with Gasteiger partial charge in [0, 0.05) is 5.56 Å². The summed E-state index contributed by atoms with van der Waals surface area (Å²) in [5.41, 5.74) is -29.6. The van der Waals surface area contributed by atoms with E-state index < -0.39 is 207 Å². The lowest BCUT2D eigenvalue weighted by molar-refractivity contribution is -0.688. The number of benzene rings is 5. The third-order valence-electron chi connectivity index (χ3n) is 11.0. The molecule has 0 atom stereocenters. The Morgan fingerprint density at radius 3 is 0.961 bits per heavy atom. The van der Waals surface area contributed by atoms with Crippen LogP contribution < -0.4 is 31.2 Å². The number of nitrogens with zero attached hydrogens (tertiary/aromatic N) is 2. The number of halogens is 24. The molecule has 1 aromatic heterocycles. The van der Waals surface area contributed by atoms with Crippen molar-refractivity contribution in [3.63, 3.8) is 0 Å². The van der Waals surface area contributed by atoms with Gasteiger partial charge in [-0.1, -0.05) is 78.9 Å². The summed E-state index contributed by atoms with van der Waals surface area (Å²) in [7, 11) is 0. The third kappa shape index (κ3) is 14.5. The Morgan fingerprint density at radius 1 is 0.442 bits per heavy atom. The SMILES string of the molecule is FC(F)(F)c1cc([B-](c2cc(C(F)(F)F)cc(C(F)(F)F)c2)(c2cc(C(F)(F)F)cc(C(F)(F)F)c2)c2cc(C(F)(F)F)cc(C(F)(F)F)c2)cc(C(F)(F)F)c1.O=C(O)COc1cncc[n+]1CC(=O)c1ccccc1. The molecule has 6 rings (SSSR count). The second-order valence-electron chi connectivity index (χ2n) is 16.2. The number of ether oxygens (including phenoxy) is 1. The minimum Gasteiger partial charge on any atom is -0.479 e. The number of aromatic nitrogens is 2. The average Bonchev–Trinajstić information content (AvgIpc) is 3.29. The fraction of sp³-hybridized carbons (Fsp3) is 0.217. The van der Waals surface area contributed by atoms with Crippen LogP contribution in [0.4, 0.5) is 105 Å². The molecule has 0 spiro atoms. The zero-order valence-electron chi connectivity index (χ0n) is 37.2. The largest absolute Gasteiger partial charge is 0.479 e. The molecule has 31 heteroatoms. The Hall–Kier alpha value is -7.50. The molecule has 0 radical (unpaired) electrons. The van der Waals surface area contributed by atoms with E-state index in [1.54, 1.807) is 30.5 Å². The van der Waals surface area contributed by atoms with E-state index in [1.165, 1.54) is 17.0 Å². The van der Waals surface area contributed by atoms with E-state index in [-0.39, 0.29) is 18.2 Å². The number of rotatable bonds is 10. The molecule has 0 aliphatic rings. The predicted octanol–water partition coefficient (Wildman–Crippen LogP) is 11.9. The zero-order valence-corrected chi connectivity index (χ0v) is 37.2. The van der Waals surface area contributed by atoms with Gasteiger partial charge in [0.15, 0.2) is 12.8 Å². The van der Waals surface area contributed by atoms with Crippen molar-refractivity contribution in [2.45, 2.75) is 56.0 Å². The van der Waals surface area contributed by atoms with Gasteiger partial charge in [-0.05, 0) is 24.3 Å². The van der Waals surface area contributed by atoms with Gasteiger partial charge in [0.05, 0.1) is 50.7 Å². The first-order chi connectivity index (χ1) is 34.9. The molecule has 0 bridgehead atoms. The molecule has 0 amide bonds. The van der Waals surface area contributed by atoms with Gasteiger partial charge in [0.2, 0.25) is 12.3 Å². The van der Waals surface area contributed by atoms with E-state index in [1.807, 2.05) is 6.07 Å². The van der Waals surface area contributed by atoms with Crippen molar-refractivity contribution in [2.24, 2.45) is 0 Å². The van der Waals surface area contributed by atoms with Crippen molar-refractivity contribution in [2.75, 3.05) is 6.61 Å². The van der Waals surface area contributed by atoms with Crippen LogP contribution in [0.2, 0.25) is 0 Å². The molecule has 1 N–H and O–H groups in total. The average molecular weight is 1140 g/mol. The Balaban J connectivity index is 0.000000455. The van der Waals surface area contributed by atoms with E-state index in [2.05, 4.69) is 4.98 Å². The monoisotopic (exact) mass is 1140 g/mol. The molecule has 6 nitrogen and oxygen atoms in total. The van der Waals surface area contributed by atoms with E-state index in [4.69, 9.17) is 9.84 Å². The molecule has 414 valence electrons. The highest BCUT2D eigenvalue weighted by Gasteiger charge is 2.47. The summed E-state index contributed by atoms with van der Waals surface area (Å²) in [5, 5.41) is 8.60. The van der Waals surface area contributed by atoms with Crippen molar-refractivity contribution in [1.82, 2.24) is 4.98 Å². The number of hydrogen-bond donors (Lipinski definition) is 1. The molecular formula is C46H25BF24N2O4. The van der Waals surface area contributed by atoms with Crippen molar-refractivity contribution >= 4 is 39.7 Å². The van der Waals surface area contributed by atoms with Gasteiger partial charge < -0.3 is 9.84 Å². The second kappa shape index (κ2) is 21.1. The number of Topliss-reactive ketones (excluding diaryl/α,β-unsaturated/α-hetero) is 1. The van der Waals surface area contributed by atoms with Gasteiger partial charge in [-0.3, -0.25) is 4.79 Å². The van der Waals surface area contributed by atoms with E-state index in [0.717, 1.165) is 0 Å². The van der Waals surface area contributed by atoms with Crippen LogP contribution in [0.1, 0.15) is 54.9 Å². The van der Waals surface area contributed by atoms with Gasteiger partial charge in [0.25, 0.3) is 0 Å². The Labute approximate surface area is 414 Å². The molecule has 77 heavy (non-hydrogen) atoms. The number of hydrogen-bond acceptors (Lipinski definition) is 4. The maximum atomic E-state index is 14.2. The molecule has 0 unspecified atom stereocenters. The number of carbonyl (C=O) groups is 2. The van der Waals surface area contributed by atoms with E-state index >= 15 is 0 Å². The van der Waals surface area contributed by atoms with Gasteiger partial charge in [-0.25, -0.2) is 9.78 Å². The molecular weight excluding hydrogens is 1110 g/mol. The smallest absolute Gasteiger partial charge is 0.416 e. The van der Waals surface area contributed by atoms with Gasteiger partial charge >= 0.3 is 61.3 Å². The maximum absolute atomic E-state index is 14.2. The summed E-state index contributed by atoms with van der Waals surface area (Å²) in [4.78, 5) is 26.5. The normalized spacial score (nSPS) is 13.2. The second-order valence-corrected chi connectivity index (χ2v) is 16.2. The summed E-state index contributed by atoms with van der Waals surface area (Å²) in [5.74, 6) is -0.948. The molecule has 6 aromatic rings. The van der Waals surface area contributed by atoms with Crippen LogP contribution in [0, 0.1) is 0 Å². The molecule has 0 saturated heterocycles. The van der Waals surface area contributed by atoms with E-state index in [9.17, 15) is 115 Å². The van der Waals surface area contributed by atoms with Crippen LogP contribution in [0.3, 0.4) is 0 Å². The fourth-order valence-electron chi connectivity index (χ4n) is 7.70. The third-order valence-corrected chi connectivity index (χ3v) is 11.0. The van der Waals surface area contributed by atoms with Crippen molar-refractivity contribution < 1.29 is 129 Å². The highest BCUT2D eigenvalue weighted by atomic mass is 19.4. The zero-order chi connectivity index (χ0) is 58.3. The molecule has 0 fully saturated rings. The minimum absolute atomic E-state index is 0.0570. The molecule has 1 heterocycles. The topological polar surface area (TPSA) is 80.4 Å². The lowest BCUT2D eigenvalue weighted by atomic mass is 9.12. The van der Waals surface area contributed by atoms with Gasteiger partial charge in [0.1, 0.15) is 12.3 Å². The molecule has 5 aromatic carbocycles. The highest BCUT2D eigenvalue weighted by molar-refractivity contribution is 7.20. The Bertz CT molecular complexity index is 2680. The first-order valence-electron chi connectivity index (χ1n) is 20.5. The fourth-order valence-corrected chi connectivity index (χ4v) is 7.70. The van der Waals surface area contributed by atoms with Crippen LogP contribution in [0.25, 0.3) is 0 Å². The van der Waals surface area contributed by atoms with Crippen molar-refractivity contribution in [3.8, 4) is 5.88 Å². The summed E-state index contributed by atoms with van der Waals surface area (Å²) >= 11 is 0. The van der Waals surface area contributed by atoms with Crippen LogP contribution in [0.15, 0.2) is 122 Å². The molecule has 0 aliphatic heterocycles. The number of carboxylic acids is 1. The van der Waals surface area contributed by atoms with Gasteiger partial charge in [-0.2, -0.15) is 132 Å². The first-order valence-corrected chi connectivity index (χ1v) is 20.5. The van der Waals surface area contributed by atoms with Crippen LogP contribution in [-0.4, -0.2) is 34.6 Å².